The minimum Gasteiger partial charge on any atom is -0.493 e. The molecule has 17 heavy (non-hydrogen) atoms. The Morgan fingerprint density at radius 3 is 2.29 bits per heavy atom. The van der Waals surface area contributed by atoms with Crippen LogP contribution in [0.25, 0.3) is 0 Å². The Balaban J connectivity index is 2.94. The summed E-state index contributed by atoms with van der Waals surface area (Å²) in [6, 6.07) is 4.70. The van der Waals surface area contributed by atoms with E-state index in [1.165, 1.54) is 20.3 Å². The Labute approximate surface area is 99.5 Å². The molecule has 96 valence electrons. The minimum absolute atomic E-state index is 0.223. The summed E-state index contributed by atoms with van der Waals surface area (Å²) in [5.41, 5.74) is -1.34. The molecule has 6 nitrogen and oxygen atoms in total. The van der Waals surface area contributed by atoms with Crippen LogP contribution in [0.5, 0.6) is 11.5 Å². The van der Waals surface area contributed by atoms with E-state index in [0.717, 1.165) is 0 Å². The second-order valence-corrected chi connectivity index (χ2v) is 4.94. The fourth-order valence-electron chi connectivity index (χ4n) is 1.31. The van der Waals surface area contributed by atoms with E-state index in [1.807, 2.05) is 0 Å². The van der Waals surface area contributed by atoms with Gasteiger partial charge in [0.1, 0.15) is 0 Å². The monoisotopic (exact) mass is 262 g/mol. The maximum absolute atomic E-state index is 10.7. The summed E-state index contributed by atoms with van der Waals surface area (Å²) in [6.45, 7) is 0. The number of aliphatic hydroxyl groups is 1. The Hall–Kier alpha value is -1.31. The molecule has 0 spiro atoms. The van der Waals surface area contributed by atoms with Crippen LogP contribution >= 0.6 is 0 Å². The molecular formula is C10H14O6S. The van der Waals surface area contributed by atoms with E-state index in [4.69, 9.17) is 14.0 Å². The molecule has 0 saturated carbocycles. The summed E-state index contributed by atoms with van der Waals surface area (Å²) in [6.07, 6.45) is -0.223. The highest BCUT2D eigenvalue weighted by Crippen LogP contribution is 2.28. The first kappa shape index (κ1) is 13.8. The van der Waals surface area contributed by atoms with Crippen molar-refractivity contribution < 1.29 is 27.6 Å². The van der Waals surface area contributed by atoms with Crippen LogP contribution < -0.4 is 9.47 Å². The Morgan fingerprint density at radius 1 is 1.24 bits per heavy atom. The molecule has 1 aromatic rings. The van der Waals surface area contributed by atoms with Crippen LogP contribution in [0.1, 0.15) is 5.56 Å². The van der Waals surface area contributed by atoms with Gasteiger partial charge in [-0.05, 0) is 17.7 Å². The molecule has 0 heterocycles. The summed E-state index contributed by atoms with van der Waals surface area (Å²) in [5, 5.41) is 9.22. The number of hydrogen-bond donors (Lipinski definition) is 2. The van der Waals surface area contributed by atoms with Gasteiger partial charge >= 0.3 is 0 Å². The van der Waals surface area contributed by atoms with Crippen molar-refractivity contribution in [3.05, 3.63) is 23.8 Å². The predicted molar refractivity (Wildman–Crippen MR) is 60.8 cm³/mol. The van der Waals surface area contributed by atoms with Crippen molar-refractivity contribution in [3.63, 3.8) is 0 Å². The van der Waals surface area contributed by atoms with Gasteiger partial charge in [0.25, 0.3) is 10.1 Å². The maximum atomic E-state index is 10.7. The first-order chi connectivity index (χ1) is 7.88. The average molecular weight is 262 g/mol. The third-order valence-corrected chi connectivity index (χ3v) is 3.06. The molecule has 0 radical (unpaired) electrons. The van der Waals surface area contributed by atoms with Crippen LogP contribution in [0.3, 0.4) is 0 Å². The lowest BCUT2D eigenvalue weighted by molar-refractivity contribution is 0.233. The molecule has 1 rings (SSSR count). The number of hydrogen-bond acceptors (Lipinski definition) is 5. The van der Waals surface area contributed by atoms with E-state index in [0.29, 0.717) is 17.1 Å². The van der Waals surface area contributed by atoms with Crippen molar-refractivity contribution in [1.82, 2.24) is 0 Å². The van der Waals surface area contributed by atoms with Crippen molar-refractivity contribution in [2.24, 2.45) is 0 Å². The van der Waals surface area contributed by atoms with Gasteiger partial charge in [-0.25, -0.2) is 0 Å². The topological polar surface area (TPSA) is 93.1 Å². The molecule has 0 aliphatic carbocycles. The van der Waals surface area contributed by atoms with Crippen LogP contribution in [0.2, 0.25) is 0 Å². The van der Waals surface area contributed by atoms with Crippen molar-refractivity contribution >= 4 is 10.1 Å². The average Bonchev–Trinajstić information content (AvgIpc) is 2.27. The van der Waals surface area contributed by atoms with E-state index < -0.39 is 15.6 Å². The standard InChI is InChI=1S/C10H14O6S/c1-15-8-4-3-7(5-9(8)16-2)6-10(11)17(12,13)14/h3-5,10-11H,6H2,1-2H3,(H,12,13,14). The third-order valence-electron chi connectivity index (χ3n) is 2.20. The van der Waals surface area contributed by atoms with Crippen LogP contribution in [0.15, 0.2) is 18.2 Å². The molecule has 7 heteroatoms. The van der Waals surface area contributed by atoms with Crippen molar-refractivity contribution in [2.45, 2.75) is 11.9 Å². The number of methoxy groups -OCH3 is 2. The lowest BCUT2D eigenvalue weighted by Crippen LogP contribution is -2.22. The van der Waals surface area contributed by atoms with Crippen LogP contribution in [-0.2, 0) is 16.5 Å². The molecule has 0 amide bonds. The fourth-order valence-corrected chi connectivity index (χ4v) is 1.72. The molecule has 1 unspecified atom stereocenters. The predicted octanol–water partition coefficient (Wildman–Crippen LogP) is 0.452. The highest BCUT2D eigenvalue weighted by molar-refractivity contribution is 7.86. The van der Waals surface area contributed by atoms with Gasteiger partial charge in [-0.15, -0.1) is 0 Å². The third kappa shape index (κ3) is 3.58. The van der Waals surface area contributed by atoms with E-state index in [1.54, 1.807) is 12.1 Å². The molecule has 1 aromatic carbocycles. The molecule has 1 atom stereocenters. The first-order valence-corrected chi connectivity index (χ1v) is 6.24. The highest BCUT2D eigenvalue weighted by Gasteiger charge is 2.20. The van der Waals surface area contributed by atoms with Gasteiger partial charge in [-0.3, -0.25) is 4.55 Å². The minimum atomic E-state index is -4.45. The zero-order chi connectivity index (χ0) is 13.1. The van der Waals surface area contributed by atoms with Crippen LogP contribution in [0.4, 0.5) is 0 Å². The van der Waals surface area contributed by atoms with Gasteiger partial charge < -0.3 is 14.6 Å². The lowest BCUT2D eigenvalue weighted by Gasteiger charge is -2.11. The zero-order valence-corrected chi connectivity index (χ0v) is 10.3. The second kappa shape index (κ2) is 5.35. The van der Waals surface area contributed by atoms with Crippen molar-refractivity contribution in [3.8, 4) is 11.5 Å². The molecule has 0 aromatic heterocycles. The highest BCUT2D eigenvalue weighted by atomic mass is 32.2. The van der Waals surface area contributed by atoms with Crippen molar-refractivity contribution in [2.75, 3.05) is 14.2 Å². The van der Waals surface area contributed by atoms with Crippen LogP contribution in [0, 0.1) is 0 Å². The van der Waals surface area contributed by atoms with Gasteiger partial charge in [0.05, 0.1) is 14.2 Å². The van der Waals surface area contributed by atoms with Crippen molar-refractivity contribution in [1.29, 1.82) is 0 Å². The van der Waals surface area contributed by atoms with Gasteiger partial charge in [-0.2, -0.15) is 8.42 Å². The van der Waals surface area contributed by atoms with E-state index in [-0.39, 0.29) is 6.42 Å². The lowest BCUT2D eigenvalue weighted by atomic mass is 10.1. The SMILES string of the molecule is COc1ccc(CC(O)S(=O)(=O)O)cc1OC. The summed E-state index contributed by atoms with van der Waals surface area (Å²) in [4.78, 5) is 0. The van der Waals surface area contributed by atoms with E-state index in [9.17, 15) is 13.5 Å². The number of aliphatic hydroxyl groups excluding tert-OH is 1. The molecular weight excluding hydrogens is 248 g/mol. The summed E-state index contributed by atoms with van der Waals surface area (Å²) >= 11 is 0. The molecule has 0 aliphatic heterocycles. The van der Waals surface area contributed by atoms with Gasteiger partial charge in [0.2, 0.25) is 0 Å². The van der Waals surface area contributed by atoms with Gasteiger partial charge in [0, 0.05) is 6.42 Å². The van der Waals surface area contributed by atoms with E-state index >= 15 is 0 Å². The zero-order valence-electron chi connectivity index (χ0n) is 9.45. The largest absolute Gasteiger partial charge is 0.493 e. The smallest absolute Gasteiger partial charge is 0.292 e. The first-order valence-electron chi connectivity index (χ1n) is 4.73. The Morgan fingerprint density at radius 2 is 1.82 bits per heavy atom. The van der Waals surface area contributed by atoms with Gasteiger partial charge in [0.15, 0.2) is 16.9 Å². The molecule has 0 aliphatic rings. The Bertz CT molecular complexity index is 482. The van der Waals surface area contributed by atoms with Crippen LogP contribution in [-0.4, -0.2) is 37.7 Å². The van der Waals surface area contributed by atoms with Gasteiger partial charge in [-0.1, -0.05) is 6.07 Å². The molecule has 0 saturated heterocycles. The summed E-state index contributed by atoms with van der Waals surface area (Å²) < 4.78 is 40.0. The normalized spacial score (nSPS) is 13.2. The molecule has 0 fully saturated rings. The fraction of sp³-hybridized carbons (Fsp3) is 0.400. The number of rotatable bonds is 5. The number of ether oxygens (including phenoxy) is 2. The summed E-state index contributed by atoms with van der Waals surface area (Å²) in [7, 11) is -1.53. The summed E-state index contributed by atoms with van der Waals surface area (Å²) in [5.74, 6) is 0.921. The second-order valence-electron chi connectivity index (χ2n) is 3.36. The maximum Gasteiger partial charge on any atom is 0.292 e. The quantitative estimate of drug-likeness (QED) is 0.748. The van der Waals surface area contributed by atoms with E-state index in [2.05, 4.69) is 0 Å². The molecule has 2 N–H and O–H groups in total. The molecule has 0 bridgehead atoms. The number of benzene rings is 1. The Kier molecular flexibility index (Phi) is 4.33.